The molecule has 0 N–H and O–H groups in total. The van der Waals surface area contributed by atoms with E-state index in [1.807, 2.05) is 48.5 Å². The molecule has 10 heteroatoms. The van der Waals surface area contributed by atoms with Gasteiger partial charge in [0.2, 0.25) is 0 Å². The summed E-state index contributed by atoms with van der Waals surface area (Å²) in [6.07, 6.45) is 11.6. The summed E-state index contributed by atoms with van der Waals surface area (Å²) in [6.45, 7) is 0. The summed E-state index contributed by atoms with van der Waals surface area (Å²) in [5.41, 5.74) is 24.8. The molecule has 508 valence electrons. The van der Waals surface area contributed by atoms with Gasteiger partial charge < -0.3 is 17.7 Å². The number of fused-ring (bicyclic) bond motifs is 18. The van der Waals surface area contributed by atoms with E-state index in [0.717, 1.165) is 150 Å². The van der Waals surface area contributed by atoms with Crippen LogP contribution in [0.3, 0.4) is 0 Å². The molecule has 8 bridgehead atoms. The fraction of sp³-hybridized carbons (Fsp3) is 0.196. The topological polar surface area (TPSA) is 130 Å². The van der Waals surface area contributed by atoms with E-state index in [1.54, 1.807) is 0 Å². The molecule has 5 unspecified atom stereocenters. The molecule has 0 amide bonds. The van der Waals surface area contributed by atoms with Crippen molar-refractivity contribution in [2.75, 3.05) is 0 Å². The first-order valence-corrected chi connectivity index (χ1v) is 38.7. The largest absolute Gasteiger partial charge is 0.456 e. The lowest BCUT2D eigenvalue weighted by molar-refractivity contribution is -0.0399. The Morgan fingerprint density at radius 1 is 0.252 bits per heavy atom. The van der Waals surface area contributed by atoms with E-state index in [0.29, 0.717) is 64.5 Å². The van der Waals surface area contributed by atoms with E-state index < -0.39 is 0 Å². The van der Waals surface area contributed by atoms with Crippen molar-refractivity contribution in [3.63, 3.8) is 0 Å². The van der Waals surface area contributed by atoms with Crippen LogP contribution < -0.4 is 0 Å². The molecular weight excluding hydrogens is 1310 g/mol. The molecule has 2 spiro atoms. The number of furan rings is 4. The summed E-state index contributed by atoms with van der Waals surface area (Å²) in [7, 11) is 0. The lowest BCUT2D eigenvalue weighted by atomic mass is 9.43. The van der Waals surface area contributed by atoms with Gasteiger partial charge in [-0.2, -0.15) is 0 Å². The van der Waals surface area contributed by atoms with Gasteiger partial charge in [-0.3, -0.25) is 0 Å². The fourth-order valence-corrected chi connectivity index (χ4v) is 24.4. The minimum absolute atomic E-state index is 0.0254. The molecule has 28 rings (SSSR count). The second-order valence-electron chi connectivity index (χ2n) is 32.6. The molecule has 10 aliphatic carbocycles. The quantitative estimate of drug-likeness (QED) is 0.152. The van der Waals surface area contributed by atoms with Crippen LogP contribution in [0.25, 0.3) is 189 Å². The normalized spacial score (nSPS) is 23.8. The van der Waals surface area contributed by atoms with Crippen LogP contribution in [0.15, 0.2) is 260 Å². The number of rotatable bonds is 7. The van der Waals surface area contributed by atoms with Gasteiger partial charge in [0, 0.05) is 87.3 Å². The van der Waals surface area contributed by atoms with Gasteiger partial charge in [-0.1, -0.05) is 194 Å². The average Bonchev–Trinajstić information content (AvgIpc) is 1.52. The summed E-state index contributed by atoms with van der Waals surface area (Å²) in [4.78, 5) is 33.9. The zero-order chi connectivity index (χ0) is 69.3. The van der Waals surface area contributed by atoms with Crippen LogP contribution in [-0.2, 0) is 10.8 Å². The van der Waals surface area contributed by atoms with Crippen LogP contribution in [-0.4, -0.2) is 29.9 Å². The third-order valence-corrected chi connectivity index (χ3v) is 27.8. The summed E-state index contributed by atoms with van der Waals surface area (Å²) >= 11 is 0. The number of aromatic nitrogens is 6. The molecule has 12 aromatic carbocycles. The lowest BCUT2D eigenvalue weighted by Gasteiger charge is -2.61. The maximum Gasteiger partial charge on any atom is 0.167 e. The van der Waals surface area contributed by atoms with Gasteiger partial charge >= 0.3 is 0 Å². The zero-order valence-electron chi connectivity index (χ0n) is 58.4. The number of nitrogens with zero attached hydrogens (tertiary/aromatic N) is 6. The van der Waals surface area contributed by atoms with Crippen LogP contribution in [0.4, 0.5) is 0 Å². The lowest BCUT2D eigenvalue weighted by Crippen LogP contribution is -2.55. The van der Waals surface area contributed by atoms with E-state index in [9.17, 15) is 0 Å². The molecule has 8 fully saturated rings. The Hall–Kier alpha value is -12.1. The van der Waals surface area contributed by atoms with Gasteiger partial charge in [0.1, 0.15) is 44.7 Å². The summed E-state index contributed by atoms with van der Waals surface area (Å²) in [6, 6.07) is 87.5. The third kappa shape index (κ3) is 7.60. The van der Waals surface area contributed by atoms with E-state index in [1.165, 1.54) is 102 Å². The Labute approximate surface area is 614 Å². The van der Waals surface area contributed by atoms with Gasteiger partial charge in [0.15, 0.2) is 34.9 Å². The molecule has 0 aliphatic heterocycles. The number of benzene rings is 12. The molecule has 6 heterocycles. The predicted molar refractivity (Wildman–Crippen MR) is 422 cm³/mol. The number of para-hydroxylation sites is 5. The molecule has 18 aromatic rings. The highest BCUT2D eigenvalue weighted by Crippen LogP contribution is 2.74. The Bertz CT molecular complexity index is 6850. The van der Waals surface area contributed by atoms with Crippen molar-refractivity contribution in [2.45, 2.75) is 68.6 Å². The van der Waals surface area contributed by atoms with Gasteiger partial charge in [0.05, 0.1) is 5.56 Å². The molecule has 8 saturated carbocycles. The Balaban J connectivity index is 0.661. The standard InChI is InChI=1S/C97H66N6O4/c1-5-29-72-61(17-1)83-66(23-11-30-73(83)96(72)55-42-50-40-51(44-55)45-56(96)43-50)91-100-94(103-95(102-91)71-28-10-21-60-59-16-2-6-32-77(59)106-89(60)71)70-27-15-37-82-87(70)65-22-9-20-58(88(65)107-82)53-38-39-62-76(49-53)97(57-46-52-41-54(48-57)75(97)47-52)74-31-12-24-67(84(62)74)90-98-92(68-25-13-35-80-85(68)63-18-3-7-33-78(63)104-80)101-93(99-90)69-26-14-36-81-86(69)64-19-4-8-34-79(64)105-81/h1-39,49-52,54-57,75H,40-48H2. The first-order chi connectivity index (χ1) is 52.9. The van der Waals surface area contributed by atoms with Crippen LogP contribution in [0.1, 0.15) is 80.0 Å². The minimum Gasteiger partial charge on any atom is -0.456 e. The molecular formula is C97H66N6O4. The summed E-state index contributed by atoms with van der Waals surface area (Å²) in [5.74, 6) is 8.91. The zero-order valence-corrected chi connectivity index (χ0v) is 58.4. The van der Waals surface area contributed by atoms with Gasteiger partial charge in [-0.15, -0.1) is 0 Å². The van der Waals surface area contributed by atoms with Crippen LogP contribution in [0.2, 0.25) is 0 Å². The Morgan fingerprint density at radius 2 is 0.645 bits per heavy atom. The minimum atomic E-state index is -0.206. The molecule has 5 atom stereocenters. The first-order valence-electron chi connectivity index (χ1n) is 38.7. The second-order valence-corrected chi connectivity index (χ2v) is 32.6. The van der Waals surface area contributed by atoms with Crippen molar-refractivity contribution in [3.05, 3.63) is 265 Å². The number of hydrogen-bond acceptors (Lipinski definition) is 10. The van der Waals surface area contributed by atoms with Crippen molar-refractivity contribution in [1.29, 1.82) is 0 Å². The average molecular weight is 1380 g/mol. The van der Waals surface area contributed by atoms with Crippen molar-refractivity contribution in [2.24, 2.45) is 47.3 Å². The van der Waals surface area contributed by atoms with Crippen molar-refractivity contribution in [1.82, 2.24) is 29.9 Å². The SMILES string of the molecule is c1ccc2c(c1)-c1c(-c3nc(-c4cccc5c4oc4ccccc45)nc(-c4cccc5oc6c(-c7ccc8c(c7)C7(c9cccc(-c%10nc(-c%11cccc%12oc%13ccccc%13c%11%12)nc(-c%11cccc%12oc%13ccccc%13c%11%12)n%10)c9-8)C8CC9CC(C8)C7C9)cccc6c45)n3)cccc1C21C2CC3CC(C2)CC1C3. The molecule has 10 aliphatic rings. The van der Waals surface area contributed by atoms with Crippen molar-refractivity contribution < 1.29 is 17.7 Å². The fourth-order valence-electron chi connectivity index (χ4n) is 24.4. The highest BCUT2D eigenvalue weighted by atomic mass is 16.3. The number of hydrogen-bond donors (Lipinski definition) is 0. The van der Waals surface area contributed by atoms with Gasteiger partial charge in [0.25, 0.3) is 0 Å². The first kappa shape index (κ1) is 58.2. The molecule has 0 saturated heterocycles. The second kappa shape index (κ2) is 20.9. The van der Waals surface area contributed by atoms with Crippen molar-refractivity contribution in [3.8, 4) is 102 Å². The third-order valence-electron chi connectivity index (χ3n) is 27.8. The Kier molecular flexibility index (Phi) is 11.4. The Morgan fingerprint density at radius 3 is 1.26 bits per heavy atom. The van der Waals surface area contributed by atoms with E-state index in [-0.39, 0.29) is 10.8 Å². The predicted octanol–water partition coefficient (Wildman–Crippen LogP) is 24.4. The van der Waals surface area contributed by atoms with Crippen LogP contribution in [0.5, 0.6) is 0 Å². The van der Waals surface area contributed by atoms with Gasteiger partial charge in [-0.25, -0.2) is 29.9 Å². The van der Waals surface area contributed by atoms with E-state index >= 15 is 0 Å². The highest BCUT2D eigenvalue weighted by Gasteiger charge is 2.67. The van der Waals surface area contributed by atoms with E-state index in [2.05, 4.69) is 194 Å². The maximum absolute atomic E-state index is 7.37. The molecule has 10 nitrogen and oxygen atoms in total. The van der Waals surface area contributed by atoms with Crippen LogP contribution >= 0.6 is 0 Å². The summed E-state index contributed by atoms with van der Waals surface area (Å²) < 4.78 is 27.3. The van der Waals surface area contributed by atoms with Crippen molar-refractivity contribution >= 4 is 87.8 Å². The maximum atomic E-state index is 7.37. The van der Waals surface area contributed by atoms with Gasteiger partial charge in [-0.05, 0) is 204 Å². The summed E-state index contributed by atoms with van der Waals surface area (Å²) in [5, 5.41) is 8.05. The molecule has 0 radical (unpaired) electrons. The van der Waals surface area contributed by atoms with Crippen LogP contribution in [0, 0.1) is 47.3 Å². The monoisotopic (exact) mass is 1380 g/mol. The smallest absolute Gasteiger partial charge is 0.167 e. The van der Waals surface area contributed by atoms with E-state index in [4.69, 9.17) is 47.6 Å². The highest BCUT2D eigenvalue weighted by molar-refractivity contribution is 6.17. The molecule has 107 heavy (non-hydrogen) atoms. The molecule has 6 aromatic heterocycles.